The van der Waals surface area contributed by atoms with Crippen LogP contribution in [0.2, 0.25) is 0 Å². The van der Waals surface area contributed by atoms with E-state index in [0.717, 1.165) is 0 Å². The topological polar surface area (TPSA) is 68.3 Å². The molecule has 160 valence electrons. The smallest absolute Gasteiger partial charge is 0.254 e. The summed E-state index contributed by atoms with van der Waals surface area (Å²) < 4.78 is 16.3. The minimum atomic E-state index is -0.0736. The number of benzene rings is 2. The summed E-state index contributed by atoms with van der Waals surface area (Å²) in [5, 5.41) is 0. The summed E-state index contributed by atoms with van der Waals surface area (Å²) in [6.07, 6.45) is 0. The summed E-state index contributed by atoms with van der Waals surface area (Å²) in [6.45, 7) is 6.76. The van der Waals surface area contributed by atoms with Gasteiger partial charge in [0.2, 0.25) is 0 Å². The van der Waals surface area contributed by atoms with Gasteiger partial charge in [0.25, 0.3) is 11.8 Å². The Balaban J connectivity index is 1.63. The molecular weight excluding hydrogens is 384 g/mol. The second kappa shape index (κ2) is 10.0. The fraction of sp³-hybridized carbons (Fsp3) is 0.391. The van der Waals surface area contributed by atoms with Crippen molar-refractivity contribution in [2.24, 2.45) is 0 Å². The Hall–Kier alpha value is -3.22. The predicted octanol–water partition coefficient (Wildman–Crippen LogP) is 3.09. The summed E-state index contributed by atoms with van der Waals surface area (Å²) in [4.78, 5) is 29.2. The van der Waals surface area contributed by atoms with Crippen LogP contribution >= 0.6 is 0 Å². The van der Waals surface area contributed by atoms with E-state index in [9.17, 15) is 9.59 Å². The zero-order chi connectivity index (χ0) is 21.5. The molecule has 1 aliphatic rings. The van der Waals surface area contributed by atoms with Crippen molar-refractivity contribution in [2.75, 3.05) is 46.5 Å². The molecule has 0 bridgehead atoms. The van der Waals surface area contributed by atoms with Gasteiger partial charge in [-0.25, -0.2) is 0 Å². The monoisotopic (exact) mass is 412 g/mol. The second-order valence-electron chi connectivity index (χ2n) is 6.84. The molecule has 7 nitrogen and oxygen atoms in total. The maximum Gasteiger partial charge on any atom is 0.254 e. The maximum atomic E-state index is 13.0. The van der Waals surface area contributed by atoms with Crippen LogP contribution in [0.3, 0.4) is 0 Å². The van der Waals surface area contributed by atoms with Gasteiger partial charge in [0, 0.05) is 37.3 Å². The van der Waals surface area contributed by atoms with Gasteiger partial charge in [-0.1, -0.05) is 0 Å². The van der Waals surface area contributed by atoms with Gasteiger partial charge in [-0.15, -0.1) is 0 Å². The van der Waals surface area contributed by atoms with Gasteiger partial charge < -0.3 is 24.0 Å². The SMILES string of the molecule is CCOc1ccc(C(=O)N2CCN(C(=O)c3ccc(OC)cc3)CC2)cc1OCC. The number of hydrogen-bond donors (Lipinski definition) is 0. The van der Waals surface area contributed by atoms with Gasteiger partial charge in [-0.3, -0.25) is 9.59 Å². The van der Waals surface area contributed by atoms with Gasteiger partial charge >= 0.3 is 0 Å². The molecule has 1 heterocycles. The molecule has 1 fully saturated rings. The number of nitrogens with zero attached hydrogens (tertiary/aromatic N) is 2. The van der Waals surface area contributed by atoms with Crippen molar-refractivity contribution >= 4 is 11.8 Å². The first-order valence-corrected chi connectivity index (χ1v) is 10.2. The zero-order valence-electron chi connectivity index (χ0n) is 17.7. The molecule has 0 aromatic heterocycles. The van der Waals surface area contributed by atoms with Crippen LogP contribution < -0.4 is 14.2 Å². The van der Waals surface area contributed by atoms with Crippen LogP contribution in [0.25, 0.3) is 0 Å². The lowest BCUT2D eigenvalue weighted by Gasteiger charge is -2.35. The molecule has 0 radical (unpaired) electrons. The number of ether oxygens (including phenoxy) is 3. The predicted molar refractivity (Wildman–Crippen MR) is 114 cm³/mol. The summed E-state index contributed by atoms with van der Waals surface area (Å²) in [5.41, 5.74) is 1.17. The number of carbonyl (C=O) groups is 2. The molecule has 2 aromatic rings. The molecular formula is C23H28N2O5. The van der Waals surface area contributed by atoms with E-state index in [2.05, 4.69) is 0 Å². The lowest BCUT2D eigenvalue weighted by atomic mass is 10.1. The summed E-state index contributed by atoms with van der Waals surface area (Å²) in [7, 11) is 1.59. The minimum Gasteiger partial charge on any atom is -0.497 e. The standard InChI is InChI=1S/C23H28N2O5/c1-4-29-20-11-8-18(16-21(20)30-5-2)23(27)25-14-12-24(13-15-25)22(26)17-6-9-19(28-3)10-7-17/h6-11,16H,4-5,12-15H2,1-3H3. The molecule has 1 saturated heterocycles. The lowest BCUT2D eigenvalue weighted by Crippen LogP contribution is -2.50. The highest BCUT2D eigenvalue weighted by atomic mass is 16.5. The van der Waals surface area contributed by atoms with E-state index in [1.165, 1.54) is 0 Å². The number of methoxy groups -OCH3 is 1. The Bertz CT molecular complexity index is 874. The second-order valence-corrected chi connectivity index (χ2v) is 6.84. The van der Waals surface area contributed by atoms with E-state index < -0.39 is 0 Å². The van der Waals surface area contributed by atoms with Gasteiger partial charge in [-0.05, 0) is 56.3 Å². The third kappa shape index (κ3) is 4.84. The fourth-order valence-corrected chi connectivity index (χ4v) is 3.40. The third-order valence-corrected chi connectivity index (χ3v) is 4.98. The Morgan fingerprint density at radius 2 is 1.27 bits per heavy atom. The summed E-state index contributed by atoms with van der Waals surface area (Å²) in [5.74, 6) is 1.80. The molecule has 7 heteroatoms. The Morgan fingerprint density at radius 3 is 1.80 bits per heavy atom. The third-order valence-electron chi connectivity index (χ3n) is 4.98. The average molecular weight is 412 g/mol. The molecule has 0 atom stereocenters. The molecule has 2 aromatic carbocycles. The zero-order valence-corrected chi connectivity index (χ0v) is 17.7. The van der Waals surface area contributed by atoms with Crippen molar-refractivity contribution in [2.45, 2.75) is 13.8 Å². The number of piperazine rings is 1. The Morgan fingerprint density at radius 1 is 0.767 bits per heavy atom. The van der Waals surface area contributed by atoms with E-state index in [1.807, 2.05) is 13.8 Å². The van der Waals surface area contributed by atoms with Crippen LogP contribution in [0.15, 0.2) is 42.5 Å². The highest BCUT2D eigenvalue weighted by molar-refractivity contribution is 5.96. The summed E-state index contributed by atoms with van der Waals surface area (Å²) >= 11 is 0. The maximum absolute atomic E-state index is 13.0. The van der Waals surface area contributed by atoms with Crippen LogP contribution in [0.1, 0.15) is 34.6 Å². The van der Waals surface area contributed by atoms with Crippen molar-refractivity contribution in [3.8, 4) is 17.2 Å². The number of carbonyl (C=O) groups excluding carboxylic acids is 2. The number of hydrogen-bond acceptors (Lipinski definition) is 5. The number of amides is 2. The van der Waals surface area contributed by atoms with Crippen LogP contribution in [-0.4, -0.2) is 68.1 Å². The first kappa shape index (κ1) is 21.5. The fourth-order valence-electron chi connectivity index (χ4n) is 3.40. The molecule has 0 N–H and O–H groups in total. The van der Waals surface area contributed by atoms with Gasteiger partial charge in [0.1, 0.15) is 5.75 Å². The molecule has 3 rings (SSSR count). The van der Waals surface area contributed by atoms with Gasteiger partial charge in [0.15, 0.2) is 11.5 Å². The van der Waals surface area contributed by atoms with Crippen LogP contribution in [0, 0.1) is 0 Å². The van der Waals surface area contributed by atoms with Crippen molar-refractivity contribution < 1.29 is 23.8 Å². The normalized spacial score (nSPS) is 13.7. The highest BCUT2D eigenvalue weighted by Gasteiger charge is 2.26. The van der Waals surface area contributed by atoms with E-state index in [-0.39, 0.29) is 11.8 Å². The van der Waals surface area contributed by atoms with Crippen LogP contribution in [0.4, 0.5) is 0 Å². The van der Waals surface area contributed by atoms with Crippen molar-refractivity contribution in [3.05, 3.63) is 53.6 Å². The van der Waals surface area contributed by atoms with Gasteiger partial charge in [0.05, 0.1) is 20.3 Å². The van der Waals surface area contributed by atoms with Crippen molar-refractivity contribution in [1.29, 1.82) is 0 Å². The molecule has 1 aliphatic heterocycles. The first-order chi connectivity index (χ1) is 14.6. The van der Waals surface area contributed by atoms with Gasteiger partial charge in [-0.2, -0.15) is 0 Å². The van der Waals surface area contributed by atoms with E-state index in [0.29, 0.717) is 67.8 Å². The Labute approximate surface area is 177 Å². The average Bonchev–Trinajstić information content (AvgIpc) is 2.80. The van der Waals surface area contributed by atoms with Crippen LogP contribution in [0.5, 0.6) is 17.2 Å². The van der Waals surface area contributed by atoms with E-state index in [1.54, 1.807) is 59.4 Å². The highest BCUT2D eigenvalue weighted by Crippen LogP contribution is 2.29. The summed E-state index contributed by atoms with van der Waals surface area (Å²) in [6, 6.07) is 12.3. The van der Waals surface area contributed by atoms with Crippen molar-refractivity contribution in [1.82, 2.24) is 9.80 Å². The first-order valence-electron chi connectivity index (χ1n) is 10.2. The number of rotatable bonds is 7. The van der Waals surface area contributed by atoms with Crippen molar-refractivity contribution in [3.63, 3.8) is 0 Å². The lowest BCUT2D eigenvalue weighted by molar-refractivity contribution is 0.0535. The molecule has 0 aliphatic carbocycles. The van der Waals surface area contributed by atoms with Crippen LogP contribution in [-0.2, 0) is 0 Å². The van der Waals surface area contributed by atoms with E-state index >= 15 is 0 Å². The molecule has 30 heavy (non-hydrogen) atoms. The minimum absolute atomic E-state index is 0.0375. The molecule has 0 saturated carbocycles. The largest absolute Gasteiger partial charge is 0.497 e. The quantitative estimate of drug-likeness (QED) is 0.699. The molecule has 2 amide bonds. The molecule has 0 unspecified atom stereocenters. The molecule has 0 spiro atoms. The Kier molecular flexibility index (Phi) is 7.17. The van der Waals surface area contributed by atoms with E-state index in [4.69, 9.17) is 14.2 Å².